The van der Waals surface area contributed by atoms with E-state index in [1.807, 2.05) is 0 Å². The molecular formula is C19H19F3O2. The zero-order valence-corrected chi connectivity index (χ0v) is 13.1. The van der Waals surface area contributed by atoms with Crippen LogP contribution in [0.15, 0.2) is 48.5 Å². The van der Waals surface area contributed by atoms with E-state index in [4.69, 9.17) is 0 Å². The fraction of sp³-hybridized carbons (Fsp3) is 0.368. The molecule has 0 spiro atoms. The van der Waals surface area contributed by atoms with Crippen LogP contribution in [0, 0.1) is 5.92 Å². The van der Waals surface area contributed by atoms with Gasteiger partial charge in [-0.3, -0.25) is 0 Å². The van der Waals surface area contributed by atoms with Gasteiger partial charge in [0.25, 0.3) is 0 Å². The average Bonchev–Trinajstić information content (AvgIpc) is 2.55. The molecule has 3 rings (SSSR count). The van der Waals surface area contributed by atoms with Crippen molar-refractivity contribution in [3.8, 4) is 11.5 Å². The highest BCUT2D eigenvalue weighted by Gasteiger charge is 2.47. The number of phenolic OH excluding ortho intramolecular Hbond substituents is 2. The summed E-state index contributed by atoms with van der Waals surface area (Å²) in [5.41, 5.74) is 1.27. The Morgan fingerprint density at radius 3 is 1.46 bits per heavy atom. The van der Waals surface area contributed by atoms with E-state index in [-0.39, 0.29) is 24.3 Å². The number of halogens is 3. The van der Waals surface area contributed by atoms with E-state index in [1.54, 1.807) is 48.5 Å². The molecule has 0 unspecified atom stereocenters. The molecule has 2 aromatic carbocycles. The van der Waals surface area contributed by atoms with Crippen molar-refractivity contribution < 1.29 is 23.4 Å². The quantitative estimate of drug-likeness (QED) is 0.797. The summed E-state index contributed by atoms with van der Waals surface area (Å²) in [6.07, 6.45) is -3.24. The van der Waals surface area contributed by atoms with E-state index >= 15 is 0 Å². The standard InChI is InChI=1S/C19H19F3O2/c20-19(21,22)15-9-11-18(12-10-15,13-1-5-16(23)6-2-13)14-3-7-17(24)8-4-14/h1-8,15,23-24H,9-12H2. The molecule has 2 N–H and O–H groups in total. The van der Waals surface area contributed by atoms with Gasteiger partial charge in [-0.25, -0.2) is 0 Å². The summed E-state index contributed by atoms with van der Waals surface area (Å²) in [7, 11) is 0. The van der Waals surface area contributed by atoms with Crippen LogP contribution < -0.4 is 0 Å². The maximum absolute atomic E-state index is 13.0. The van der Waals surface area contributed by atoms with E-state index < -0.39 is 17.5 Å². The van der Waals surface area contributed by atoms with Crippen LogP contribution in [-0.2, 0) is 5.41 Å². The van der Waals surface area contributed by atoms with Gasteiger partial charge < -0.3 is 10.2 Å². The molecule has 24 heavy (non-hydrogen) atoms. The first-order valence-corrected chi connectivity index (χ1v) is 7.97. The lowest BCUT2D eigenvalue weighted by Crippen LogP contribution is -2.37. The third-order valence-electron chi connectivity index (χ3n) is 5.14. The van der Waals surface area contributed by atoms with Crippen LogP contribution in [0.3, 0.4) is 0 Å². The molecule has 2 nitrogen and oxygen atoms in total. The van der Waals surface area contributed by atoms with Crippen LogP contribution >= 0.6 is 0 Å². The molecule has 1 aliphatic carbocycles. The summed E-state index contributed by atoms with van der Waals surface area (Å²) in [4.78, 5) is 0. The zero-order valence-electron chi connectivity index (χ0n) is 13.1. The van der Waals surface area contributed by atoms with Crippen LogP contribution in [-0.4, -0.2) is 16.4 Å². The molecule has 0 heterocycles. The Balaban J connectivity index is 2.00. The first-order chi connectivity index (χ1) is 11.3. The number of rotatable bonds is 2. The number of hydrogen-bond donors (Lipinski definition) is 2. The van der Waals surface area contributed by atoms with Gasteiger partial charge in [-0.05, 0) is 61.1 Å². The van der Waals surface area contributed by atoms with Crippen molar-refractivity contribution >= 4 is 0 Å². The molecule has 1 fully saturated rings. The molecule has 1 saturated carbocycles. The second-order valence-electron chi connectivity index (χ2n) is 6.49. The molecular weight excluding hydrogens is 317 g/mol. The normalized spacial score (nSPS) is 18.5. The molecule has 0 saturated heterocycles. The minimum absolute atomic E-state index is 0.0747. The molecule has 5 heteroatoms. The minimum Gasteiger partial charge on any atom is -0.508 e. The van der Waals surface area contributed by atoms with Crippen molar-refractivity contribution in [1.82, 2.24) is 0 Å². The Hall–Kier alpha value is -2.17. The lowest BCUT2D eigenvalue weighted by atomic mass is 9.63. The third-order valence-corrected chi connectivity index (χ3v) is 5.14. The highest BCUT2D eigenvalue weighted by atomic mass is 19.4. The van der Waals surface area contributed by atoms with E-state index in [0.29, 0.717) is 12.8 Å². The van der Waals surface area contributed by atoms with Crippen LogP contribution in [0.4, 0.5) is 13.2 Å². The zero-order chi connectivity index (χ0) is 17.4. The van der Waals surface area contributed by atoms with Gasteiger partial charge in [0.15, 0.2) is 0 Å². The molecule has 0 amide bonds. The van der Waals surface area contributed by atoms with Gasteiger partial charge in [-0.1, -0.05) is 24.3 Å². The summed E-state index contributed by atoms with van der Waals surface area (Å²) < 4.78 is 39.1. The Kier molecular flexibility index (Phi) is 4.20. The summed E-state index contributed by atoms with van der Waals surface area (Å²) in [6.45, 7) is 0. The average molecular weight is 336 g/mol. The molecule has 0 bridgehead atoms. The van der Waals surface area contributed by atoms with E-state index in [9.17, 15) is 23.4 Å². The van der Waals surface area contributed by atoms with Gasteiger partial charge in [-0.2, -0.15) is 13.2 Å². The monoisotopic (exact) mass is 336 g/mol. The summed E-state index contributed by atoms with van der Waals surface area (Å²) in [5.74, 6) is -1.01. The van der Waals surface area contributed by atoms with Crippen molar-refractivity contribution in [2.75, 3.05) is 0 Å². The first-order valence-electron chi connectivity index (χ1n) is 7.97. The highest BCUT2D eigenvalue weighted by Crippen LogP contribution is 2.50. The van der Waals surface area contributed by atoms with Crippen molar-refractivity contribution in [3.63, 3.8) is 0 Å². The van der Waals surface area contributed by atoms with Crippen LogP contribution in [0.25, 0.3) is 0 Å². The second-order valence-corrected chi connectivity index (χ2v) is 6.49. The van der Waals surface area contributed by atoms with Crippen molar-refractivity contribution in [3.05, 3.63) is 59.7 Å². The molecule has 0 radical (unpaired) electrons. The Bertz CT molecular complexity index is 635. The summed E-state index contributed by atoms with van der Waals surface area (Å²) >= 11 is 0. The SMILES string of the molecule is Oc1ccc(C2(c3ccc(O)cc3)CCC(C(F)(F)F)CC2)cc1. The maximum atomic E-state index is 13.0. The molecule has 0 aromatic heterocycles. The smallest absolute Gasteiger partial charge is 0.391 e. The predicted octanol–water partition coefficient (Wildman–Crippen LogP) is 5.14. The van der Waals surface area contributed by atoms with Crippen LogP contribution in [0.1, 0.15) is 36.8 Å². The molecule has 2 aromatic rings. The fourth-order valence-electron chi connectivity index (χ4n) is 3.74. The van der Waals surface area contributed by atoms with Gasteiger partial charge in [-0.15, -0.1) is 0 Å². The van der Waals surface area contributed by atoms with Gasteiger partial charge in [0.2, 0.25) is 0 Å². The summed E-state index contributed by atoms with van der Waals surface area (Å²) in [5, 5.41) is 19.0. The minimum atomic E-state index is -4.16. The van der Waals surface area contributed by atoms with Crippen molar-refractivity contribution in [2.45, 2.75) is 37.3 Å². The van der Waals surface area contributed by atoms with Crippen LogP contribution in [0.2, 0.25) is 0 Å². The number of alkyl halides is 3. The van der Waals surface area contributed by atoms with Gasteiger partial charge in [0.05, 0.1) is 5.92 Å². The molecule has 1 aliphatic rings. The summed E-state index contributed by atoms with van der Waals surface area (Å²) in [6, 6.07) is 13.3. The highest BCUT2D eigenvalue weighted by molar-refractivity contribution is 5.43. The van der Waals surface area contributed by atoms with Gasteiger partial charge >= 0.3 is 6.18 Å². The second kappa shape index (κ2) is 6.04. The number of aromatic hydroxyl groups is 2. The Morgan fingerprint density at radius 1 is 0.750 bits per heavy atom. The Labute approximate surface area is 138 Å². The number of benzene rings is 2. The third kappa shape index (κ3) is 3.07. The lowest BCUT2D eigenvalue weighted by Gasteiger charge is -2.41. The largest absolute Gasteiger partial charge is 0.508 e. The maximum Gasteiger partial charge on any atom is 0.391 e. The van der Waals surface area contributed by atoms with Crippen molar-refractivity contribution in [2.24, 2.45) is 5.92 Å². The lowest BCUT2D eigenvalue weighted by molar-refractivity contribution is -0.184. The van der Waals surface area contributed by atoms with Gasteiger partial charge in [0, 0.05) is 5.41 Å². The molecule has 0 aliphatic heterocycles. The van der Waals surface area contributed by atoms with Crippen LogP contribution in [0.5, 0.6) is 11.5 Å². The van der Waals surface area contributed by atoms with E-state index in [0.717, 1.165) is 11.1 Å². The fourth-order valence-corrected chi connectivity index (χ4v) is 3.74. The topological polar surface area (TPSA) is 40.5 Å². The van der Waals surface area contributed by atoms with E-state index in [2.05, 4.69) is 0 Å². The molecule has 128 valence electrons. The van der Waals surface area contributed by atoms with Gasteiger partial charge in [0.1, 0.15) is 11.5 Å². The Morgan fingerprint density at radius 2 is 1.12 bits per heavy atom. The predicted molar refractivity (Wildman–Crippen MR) is 85.0 cm³/mol. The van der Waals surface area contributed by atoms with Crippen molar-refractivity contribution in [1.29, 1.82) is 0 Å². The number of phenols is 2. The first kappa shape index (κ1) is 16.7. The number of hydrogen-bond acceptors (Lipinski definition) is 2. The van der Waals surface area contributed by atoms with E-state index in [1.165, 1.54) is 0 Å². The molecule has 0 atom stereocenters.